The van der Waals surface area contributed by atoms with Crippen LogP contribution in [-0.2, 0) is 5.75 Å². The lowest BCUT2D eigenvalue weighted by Crippen LogP contribution is -2.11. The number of benzene rings is 1. The number of aromatic nitrogens is 3. The lowest BCUT2D eigenvalue weighted by molar-refractivity contribution is 0.825. The Morgan fingerprint density at radius 3 is 2.65 bits per heavy atom. The summed E-state index contributed by atoms with van der Waals surface area (Å²) in [6.45, 7) is 1.80. The highest BCUT2D eigenvalue weighted by Gasteiger charge is 2.07. The number of nitrogen functional groups attached to an aromatic ring is 1. The van der Waals surface area contributed by atoms with Crippen LogP contribution in [0.4, 0.5) is 0 Å². The van der Waals surface area contributed by atoms with E-state index in [0.717, 1.165) is 5.56 Å². The highest BCUT2D eigenvalue weighted by Crippen LogP contribution is 2.26. The van der Waals surface area contributed by atoms with E-state index in [-0.39, 0.29) is 0 Å². The largest absolute Gasteiger partial charge is 0.336 e. The Morgan fingerprint density at radius 2 is 2.06 bits per heavy atom. The molecule has 1 aromatic heterocycles. The van der Waals surface area contributed by atoms with Gasteiger partial charge in [0.15, 0.2) is 0 Å². The van der Waals surface area contributed by atoms with Gasteiger partial charge < -0.3 is 5.84 Å². The third-order valence-electron chi connectivity index (χ3n) is 2.19. The van der Waals surface area contributed by atoms with Crippen molar-refractivity contribution in [3.05, 3.63) is 39.6 Å². The number of halogens is 2. The summed E-state index contributed by atoms with van der Waals surface area (Å²) < 4.78 is 1.46. The van der Waals surface area contributed by atoms with Gasteiger partial charge in [0.05, 0.1) is 10.0 Å². The van der Waals surface area contributed by atoms with Crippen molar-refractivity contribution in [2.45, 2.75) is 17.8 Å². The normalized spacial score (nSPS) is 10.8. The van der Waals surface area contributed by atoms with Gasteiger partial charge in [-0.15, -0.1) is 10.2 Å². The standard InChI is InChI=1S/C10H10Cl2N4S/c1-6-14-15-10(16(6)13)17-5-7-2-3-8(11)9(12)4-7/h2-4H,5,13H2,1H3. The summed E-state index contributed by atoms with van der Waals surface area (Å²) in [6.07, 6.45) is 0. The molecule has 0 radical (unpaired) electrons. The molecule has 1 heterocycles. The van der Waals surface area contributed by atoms with Crippen LogP contribution in [0.25, 0.3) is 0 Å². The first-order valence-corrected chi connectivity index (χ1v) is 6.56. The predicted molar refractivity (Wildman–Crippen MR) is 70.9 cm³/mol. The Labute approximate surface area is 113 Å². The van der Waals surface area contributed by atoms with E-state index in [9.17, 15) is 0 Å². The number of hydrogen-bond donors (Lipinski definition) is 1. The van der Waals surface area contributed by atoms with E-state index in [2.05, 4.69) is 10.2 Å². The molecular formula is C10H10Cl2N4S. The third-order valence-corrected chi connectivity index (χ3v) is 3.94. The van der Waals surface area contributed by atoms with E-state index in [0.29, 0.717) is 26.8 Å². The maximum absolute atomic E-state index is 5.93. The van der Waals surface area contributed by atoms with Gasteiger partial charge in [0.2, 0.25) is 5.16 Å². The topological polar surface area (TPSA) is 56.7 Å². The number of nitrogens with zero attached hydrogens (tertiary/aromatic N) is 3. The second-order valence-corrected chi connectivity index (χ2v) is 5.19. The fourth-order valence-corrected chi connectivity index (χ4v) is 2.39. The maximum Gasteiger partial charge on any atom is 0.210 e. The van der Waals surface area contributed by atoms with Gasteiger partial charge in [-0.2, -0.15) is 0 Å². The fourth-order valence-electron chi connectivity index (χ4n) is 1.23. The van der Waals surface area contributed by atoms with Crippen molar-refractivity contribution in [3.63, 3.8) is 0 Å². The molecule has 0 aliphatic heterocycles. The van der Waals surface area contributed by atoms with Crippen LogP contribution >= 0.6 is 35.0 Å². The summed E-state index contributed by atoms with van der Waals surface area (Å²) in [5.41, 5.74) is 1.06. The zero-order valence-electron chi connectivity index (χ0n) is 9.02. The molecule has 0 bridgehead atoms. The van der Waals surface area contributed by atoms with E-state index >= 15 is 0 Å². The van der Waals surface area contributed by atoms with Crippen LogP contribution in [0.5, 0.6) is 0 Å². The van der Waals surface area contributed by atoms with Crippen LogP contribution in [0.1, 0.15) is 11.4 Å². The summed E-state index contributed by atoms with van der Waals surface area (Å²) >= 11 is 13.3. The van der Waals surface area contributed by atoms with Crippen LogP contribution in [-0.4, -0.2) is 14.9 Å². The van der Waals surface area contributed by atoms with E-state index in [1.807, 2.05) is 12.1 Å². The van der Waals surface area contributed by atoms with Gasteiger partial charge in [0.25, 0.3) is 0 Å². The van der Waals surface area contributed by atoms with Crippen LogP contribution in [0, 0.1) is 6.92 Å². The lowest BCUT2D eigenvalue weighted by atomic mass is 10.2. The molecule has 0 aliphatic rings. The first kappa shape index (κ1) is 12.5. The molecule has 90 valence electrons. The van der Waals surface area contributed by atoms with Gasteiger partial charge in [-0.3, -0.25) is 0 Å². The molecule has 4 nitrogen and oxygen atoms in total. The molecule has 0 aliphatic carbocycles. The van der Waals surface area contributed by atoms with Crippen molar-refractivity contribution in [2.24, 2.45) is 0 Å². The predicted octanol–water partition coefficient (Wildman–Crippen LogP) is 2.90. The molecule has 0 fully saturated rings. The smallest absolute Gasteiger partial charge is 0.210 e. The number of thioether (sulfide) groups is 1. The SMILES string of the molecule is Cc1nnc(SCc2ccc(Cl)c(Cl)c2)n1N. The molecule has 2 aromatic rings. The summed E-state index contributed by atoms with van der Waals surface area (Å²) in [5, 5.41) is 9.62. The minimum absolute atomic E-state index is 0.551. The van der Waals surface area contributed by atoms with Crippen molar-refractivity contribution >= 4 is 35.0 Å². The fraction of sp³-hybridized carbons (Fsp3) is 0.200. The average molecular weight is 289 g/mol. The van der Waals surface area contributed by atoms with E-state index in [4.69, 9.17) is 29.0 Å². The number of nitrogens with two attached hydrogens (primary N) is 1. The van der Waals surface area contributed by atoms with E-state index in [1.54, 1.807) is 13.0 Å². The van der Waals surface area contributed by atoms with Crippen molar-refractivity contribution < 1.29 is 0 Å². The second kappa shape index (κ2) is 5.16. The van der Waals surface area contributed by atoms with Crippen molar-refractivity contribution in [1.29, 1.82) is 0 Å². The van der Waals surface area contributed by atoms with Crippen molar-refractivity contribution in [1.82, 2.24) is 14.9 Å². The van der Waals surface area contributed by atoms with Crippen molar-refractivity contribution in [3.8, 4) is 0 Å². The van der Waals surface area contributed by atoms with Crippen LogP contribution in [0.15, 0.2) is 23.4 Å². The molecule has 1 aromatic carbocycles. The molecule has 0 amide bonds. The van der Waals surface area contributed by atoms with Gasteiger partial charge in [0, 0.05) is 5.75 Å². The molecule has 0 unspecified atom stereocenters. The van der Waals surface area contributed by atoms with Gasteiger partial charge in [0.1, 0.15) is 5.82 Å². The molecule has 0 saturated heterocycles. The Hall–Kier alpha value is -0.910. The molecule has 7 heteroatoms. The Kier molecular flexibility index (Phi) is 3.81. The van der Waals surface area contributed by atoms with Crippen molar-refractivity contribution in [2.75, 3.05) is 5.84 Å². The molecule has 2 N–H and O–H groups in total. The quantitative estimate of drug-likeness (QED) is 0.697. The number of hydrogen-bond acceptors (Lipinski definition) is 4. The summed E-state index contributed by atoms with van der Waals surface area (Å²) in [7, 11) is 0. The van der Waals surface area contributed by atoms with Gasteiger partial charge >= 0.3 is 0 Å². The first-order chi connectivity index (χ1) is 8.08. The molecule has 17 heavy (non-hydrogen) atoms. The molecule has 2 rings (SSSR count). The highest BCUT2D eigenvalue weighted by molar-refractivity contribution is 7.98. The van der Waals surface area contributed by atoms with Gasteiger partial charge in [-0.25, -0.2) is 4.68 Å². The second-order valence-electron chi connectivity index (χ2n) is 3.44. The minimum atomic E-state index is 0.551. The van der Waals surface area contributed by atoms with Crippen LogP contribution < -0.4 is 5.84 Å². The Balaban J connectivity index is 2.07. The number of rotatable bonds is 3. The Bertz CT molecular complexity index is 541. The molecule has 0 atom stereocenters. The molecular weight excluding hydrogens is 279 g/mol. The lowest BCUT2D eigenvalue weighted by Gasteiger charge is -2.03. The van der Waals surface area contributed by atoms with E-state index in [1.165, 1.54) is 16.4 Å². The first-order valence-electron chi connectivity index (χ1n) is 4.81. The highest BCUT2D eigenvalue weighted by atomic mass is 35.5. The van der Waals surface area contributed by atoms with Crippen LogP contribution in [0.3, 0.4) is 0 Å². The summed E-state index contributed by atoms with van der Waals surface area (Å²) in [6, 6.07) is 5.53. The van der Waals surface area contributed by atoms with E-state index < -0.39 is 0 Å². The zero-order valence-corrected chi connectivity index (χ0v) is 11.4. The van der Waals surface area contributed by atoms with Gasteiger partial charge in [-0.05, 0) is 24.6 Å². The number of aryl methyl sites for hydroxylation is 1. The monoisotopic (exact) mass is 288 g/mol. The Morgan fingerprint density at radius 1 is 1.29 bits per heavy atom. The summed E-state index contributed by atoms with van der Waals surface area (Å²) in [5.74, 6) is 7.14. The van der Waals surface area contributed by atoms with Gasteiger partial charge in [-0.1, -0.05) is 41.0 Å². The molecule has 0 saturated carbocycles. The minimum Gasteiger partial charge on any atom is -0.336 e. The zero-order chi connectivity index (χ0) is 12.4. The summed E-state index contributed by atoms with van der Waals surface area (Å²) in [4.78, 5) is 0. The van der Waals surface area contributed by atoms with Crippen LogP contribution in [0.2, 0.25) is 10.0 Å². The third kappa shape index (κ3) is 2.86. The molecule has 0 spiro atoms. The maximum atomic E-state index is 5.93. The average Bonchev–Trinajstić information content (AvgIpc) is 2.62.